The van der Waals surface area contributed by atoms with Gasteiger partial charge in [0.05, 0.1) is 0 Å². The van der Waals surface area contributed by atoms with Crippen LogP contribution < -0.4 is 6.15 Å². The molecule has 6 heavy (non-hydrogen) atoms. The summed E-state index contributed by atoms with van der Waals surface area (Å²) in [5, 5.41) is 6.21. The summed E-state index contributed by atoms with van der Waals surface area (Å²) < 4.78 is 0. The number of H-pyrrole nitrogens is 1. The van der Waals surface area contributed by atoms with Crippen molar-refractivity contribution < 1.29 is 0 Å². The van der Waals surface area contributed by atoms with Crippen LogP contribution in [0.1, 0.15) is 0 Å². The first kappa shape index (κ1) is 5.17. The third-order valence-corrected chi connectivity index (χ3v) is 0.406. The molecule has 0 aliphatic heterocycles. The van der Waals surface area contributed by atoms with E-state index in [1.54, 1.807) is 12.4 Å². The molecule has 0 aromatic carbocycles. The average Bonchev–Trinajstić information content (AvgIpc) is 1.76. The fourth-order valence-corrected chi connectivity index (χ4v) is 0.215. The fraction of sp³-hybridized carbons (Fsp3) is 0. The number of aromatic nitrogens is 2. The highest BCUT2D eigenvalue weighted by Gasteiger charge is 1.56. The first-order valence-corrected chi connectivity index (χ1v) is 1.44. The molecular formula is C3H7N3. The highest BCUT2D eigenvalue weighted by Crippen LogP contribution is 1.64. The predicted octanol–water partition coefficient (Wildman–Crippen LogP) is 0.572. The van der Waals surface area contributed by atoms with Crippen molar-refractivity contribution in [2.24, 2.45) is 0 Å². The van der Waals surface area contributed by atoms with Gasteiger partial charge in [0.1, 0.15) is 0 Å². The molecule has 1 aromatic rings. The summed E-state index contributed by atoms with van der Waals surface area (Å²) in [6.07, 6.45) is 3.46. The van der Waals surface area contributed by atoms with Crippen LogP contribution in [0, 0.1) is 0 Å². The molecule has 0 aliphatic rings. The molecule has 34 valence electrons. The Bertz CT molecular complexity index is 62.5. The summed E-state index contributed by atoms with van der Waals surface area (Å²) >= 11 is 0. The maximum absolute atomic E-state index is 3.60. The van der Waals surface area contributed by atoms with Gasteiger partial charge in [-0.05, 0) is 6.07 Å². The standard InChI is InChI=1S/C3H4N2.H3N/c1-2-4-5-3-1;/h1-3H,(H,4,5);1H3. The van der Waals surface area contributed by atoms with Crippen molar-refractivity contribution in [1.29, 1.82) is 0 Å². The molecule has 3 nitrogen and oxygen atoms in total. The first-order valence-electron chi connectivity index (χ1n) is 1.44. The lowest BCUT2D eigenvalue weighted by Gasteiger charge is -1.49. The SMILES string of the molecule is N.c1cn[nH]c1. The Morgan fingerprint density at radius 2 is 2.33 bits per heavy atom. The lowest BCUT2D eigenvalue weighted by Crippen LogP contribution is -1.53. The third kappa shape index (κ3) is 0.858. The van der Waals surface area contributed by atoms with E-state index in [0.29, 0.717) is 0 Å². The number of nitrogens with one attached hydrogen (secondary N) is 1. The quantitative estimate of drug-likeness (QED) is 0.483. The van der Waals surface area contributed by atoms with E-state index in [9.17, 15) is 0 Å². The van der Waals surface area contributed by atoms with Gasteiger partial charge in [0.15, 0.2) is 0 Å². The van der Waals surface area contributed by atoms with E-state index in [1.165, 1.54) is 0 Å². The van der Waals surface area contributed by atoms with E-state index < -0.39 is 0 Å². The van der Waals surface area contributed by atoms with Gasteiger partial charge in [-0.25, -0.2) is 0 Å². The second-order valence-electron chi connectivity index (χ2n) is 0.766. The molecule has 0 bridgehead atoms. The van der Waals surface area contributed by atoms with Crippen molar-refractivity contribution in [3.8, 4) is 0 Å². The van der Waals surface area contributed by atoms with Crippen LogP contribution in [-0.2, 0) is 0 Å². The normalized spacial score (nSPS) is 6.67. The average molecular weight is 85.1 g/mol. The van der Waals surface area contributed by atoms with Gasteiger partial charge in [-0.15, -0.1) is 0 Å². The minimum atomic E-state index is 0. The zero-order valence-electron chi connectivity index (χ0n) is 3.39. The molecule has 0 saturated carbocycles. The Hall–Kier alpha value is -0.830. The van der Waals surface area contributed by atoms with E-state index in [0.717, 1.165) is 0 Å². The highest BCUT2D eigenvalue weighted by atomic mass is 15.1. The predicted molar refractivity (Wildman–Crippen MR) is 23.6 cm³/mol. The van der Waals surface area contributed by atoms with Crippen molar-refractivity contribution in [3.63, 3.8) is 0 Å². The summed E-state index contributed by atoms with van der Waals surface area (Å²) in [5.74, 6) is 0. The molecule has 0 radical (unpaired) electrons. The van der Waals surface area contributed by atoms with E-state index in [1.807, 2.05) is 6.07 Å². The molecule has 3 heteroatoms. The fourth-order valence-electron chi connectivity index (χ4n) is 0.215. The lowest BCUT2D eigenvalue weighted by atomic mass is 10.8. The zero-order chi connectivity index (χ0) is 3.54. The van der Waals surface area contributed by atoms with E-state index in [-0.39, 0.29) is 6.15 Å². The number of rotatable bonds is 0. The van der Waals surface area contributed by atoms with Crippen LogP contribution >= 0.6 is 0 Å². The van der Waals surface area contributed by atoms with Gasteiger partial charge in [-0.1, -0.05) is 0 Å². The third-order valence-electron chi connectivity index (χ3n) is 0.406. The largest absolute Gasteiger partial charge is 0.344 e. The van der Waals surface area contributed by atoms with Crippen LogP contribution in [0.25, 0.3) is 0 Å². The van der Waals surface area contributed by atoms with Gasteiger partial charge in [-0.2, -0.15) is 5.10 Å². The van der Waals surface area contributed by atoms with Crippen LogP contribution in [0.5, 0.6) is 0 Å². The smallest absolute Gasteiger partial charge is 0.0487 e. The van der Waals surface area contributed by atoms with Crippen LogP contribution in [-0.4, -0.2) is 10.2 Å². The topological polar surface area (TPSA) is 63.7 Å². The van der Waals surface area contributed by atoms with E-state index in [2.05, 4.69) is 10.2 Å². The second-order valence-corrected chi connectivity index (χ2v) is 0.766. The van der Waals surface area contributed by atoms with E-state index in [4.69, 9.17) is 0 Å². The monoisotopic (exact) mass is 85.1 g/mol. The molecule has 4 N–H and O–H groups in total. The summed E-state index contributed by atoms with van der Waals surface area (Å²) in [6, 6.07) is 1.83. The molecule has 1 aromatic heterocycles. The van der Waals surface area contributed by atoms with Gasteiger partial charge in [0.2, 0.25) is 0 Å². The van der Waals surface area contributed by atoms with Crippen LogP contribution in [0.4, 0.5) is 0 Å². The summed E-state index contributed by atoms with van der Waals surface area (Å²) in [7, 11) is 0. The zero-order valence-corrected chi connectivity index (χ0v) is 3.39. The molecule has 0 spiro atoms. The van der Waals surface area contributed by atoms with Crippen molar-refractivity contribution >= 4 is 0 Å². The van der Waals surface area contributed by atoms with Crippen molar-refractivity contribution in [2.45, 2.75) is 0 Å². The van der Waals surface area contributed by atoms with E-state index >= 15 is 0 Å². The number of nitrogens with zero attached hydrogens (tertiary/aromatic N) is 1. The Labute approximate surface area is 36.0 Å². The minimum Gasteiger partial charge on any atom is -0.344 e. The molecule has 1 heterocycles. The number of aromatic amines is 1. The van der Waals surface area contributed by atoms with Gasteiger partial charge in [-0.3, -0.25) is 5.10 Å². The Morgan fingerprint density at radius 1 is 1.50 bits per heavy atom. The second kappa shape index (κ2) is 2.41. The lowest BCUT2D eigenvalue weighted by molar-refractivity contribution is 1.09. The molecular weight excluding hydrogens is 78.1 g/mol. The number of hydrogen-bond donors (Lipinski definition) is 2. The number of hydrogen-bond acceptors (Lipinski definition) is 2. The van der Waals surface area contributed by atoms with Crippen LogP contribution in [0.2, 0.25) is 0 Å². The molecule has 1 rings (SSSR count). The van der Waals surface area contributed by atoms with Crippen molar-refractivity contribution in [1.82, 2.24) is 16.3 Å². The molecule has 0 amide bonds. The molecule has 0 aliphatic carbocycles. The molecule has 0 unspecified atom stereocenters. The van der Waals surface area contributed by atoms with Crippen LogP contribution in [0.3, 0.4) is 0 Å². The van der Waals surface area contributed by atoms with Gasteiger partial charge >= 0.3 is 0 Å². The van der Waals surface area contributed by atoms with Gasteiger partial charge < -0.3 is 6.15 Å². The van der Waals surface area contributed by atoms with Gasteiger partial charge in [0.25, 0.3) is 0 Å². The Balaban J connectivity index is 0.000000250. The Kier molecular flexibility index (Phi) is 2.08. The first-order chi connectivity index (χ1) is 2.50. The van der Waals surface area contributed by atoms with Gasteiger partial charge in [0, 0.05) is 12.4 Å². The molecule has 0 atom stereocenters. The van der Waals surface area contributed by atoms with Crippen LogP contribution in [0.15, 0.2) is 18.5 Å². The maximum Gasteiger partial charge on any atom is 0.0487 e. The summed E-state index contributed by atoms with van der Waals surface area (Å²) in [4.78, 5) is 0. The minimum absolute atomic E-state index is 0. The van der Waals surface area contributed by atoms with Crippen molar-refractivity contribution in [3.05, 3.63) is 18.5 Å². The van der Waals surface area contributed by atoms with Crippen molar-refractivity contribution in [2.75, 3.05) is 0 Å². The Morgan fingerprint density at radius 3 is 2.50 bits per heavy atom. The highest BCUT2D eigenvalue weighted by molar-refractivity contribution is 4.72. The maximum atomic E-state index is 3.60. The molecule has 0 saturated heterocycles. The summed E-state index contributed by atoms with van der Waals surface area (Å²) in [5.41, 5.74) is 0. The summed E-state index contributed by atoms with van der Waals surface area (Å²) in [6.45, 7) is 0. The molecule has 0 fully saturated rings.